The van der Waals surface area contributed by atoms with Gasteiger partial charge in [0.05, 0.1) is 22.4 Å². The van der Waals surface area contributed by atoms with Crippen LogP contribution in [0.2, 0.25) is 0 Å². The fourth-order valence-electron chi connectivity index (χ4n) is 1.52. The number of nitrogens with one attached hydrogen (secondary N) is 1. The summed E-state index contributed by atoms with van der Waals surface area (Å²) in [4.78, 5) is 27.4. The average Bonchev–Trinajstić information content (AvgIpc) is 2.79. The number of rotatable bonds is 4. The second-order valence-corrected chi connectivity index (χ2v) is 5.19. The maximum atomic E-state index is 11.6. The molecule has 0 atom stereocenters. The highest BCUT2D eigenvalue weighted by Gasteiger charge is 2.11. The van der Waals surface area contributed by atoms with Gasteiger partial charge in [0.1, 0.15) is 0 Å². The van der Waals surface area contributed by atoms with E-state index in [0.29, 0.717) is 22.9 Å². The van der Waals surface area contributed by atoms with Crippen LogP contribution in [0.5, 0.6) is 0 Å². The predicted octanol–water partition coefficient (Wildman–Crippen LogP) is 2.99. The molecule has 0 aliphatic carbocycles. The van der Waals surface area contributed by atoms with Gasteiger partial charge >= 0.3 is 5.97 Å². The first-order valence-electron chi connectivity index (χ1n) is 6.06. The molecule has 0 bridgehead atoms. The first-order chi connectivity index (χ1) is 9.51. The molecule has 2 aromatic rings. The molecule has 1 amide bonds. The number of hydrogen-bond acceptors (Lipinski definition) is 5. The number of hydrogen-bond donors (Lipinski definition) is 1. The van der Waals surface area contributed by atoms with Crippen LogP contribution >= 0.6 is 11.3 Å². The molecule has 1 aromatic heterocycles. The van der Waals surface area contributed by atoms with Crippen molar-refractivity contribution in [1.29, 1.82) is 0 Å². The van der Waals surface area contributed by atoms with Crippen molar-refractivity contribution >= 4 is 38.6 Å². The summed E-state index contributed by atoms with van der Waals surface area (Å²) in [6, 6.07) is 5.10. The quantitative estimate of drug-likeness (QED) is 0.694. The molecule has 1 aromatic carbocycles. The van der Waals surface area contributed by atoms with Gasteiger partial charge in [-0.25, -0.2) is 9.78 Å². The van der Waals surface area contributed by atoms with Crippen LogP contribution in [-0.4, -0.2) is 23.5 Å². The Morgan fingerprint density at radius 2 is 2.20 bits per heavy atom. The third-order valence-electron chi connectivity index (χ3n) is 2.51. The van der Waals surface area contributed by atoms with E-state index in [1.165, 1.54) is 11.3 Å². The number of nitrogens with zero attached hydrogens (tertiary/aromatic N) is 1. The fourth-order valence-corrected chi connectivity index (χ4v) is 2.42. The van der Waals surface area contributed by atoms with Crippen LogP contribution in [0.1, 0.15) is 24.2 Å². The number of thiazole rings is 1. The highest BCUT2D eigenvalue weighted by molar-refractivity contribution is 7.22. The van der Waals surface area contributed by atoms with Crippen LogP contribution in [0.3, 0.4) is 0 Å². The van der Waals surface area contributed by atoms with Crippen molar-refractivity contribution < 1.29 is 14.3 Å². The topological polar surface area (TPSA) is 68.3 Å². The molecule has 0 radical (unpaired) electrons. The molecule has 1 heterocycles. The van der Waals surface area contributed by atoms with E-state index in [2.05, 4.69) is 16.9 Å². The van der Waals surface area contributed by atoms with Gasteiger partial charge in [0, 0.05) is 5.57 Å². The van der Waals surface area contributed by atoms with Crippen LogP contribution in [0.4, 0.5) is 5.13 Å². The zero-order valence-corrected chi connectivity index (χ0v) is 12.0. The van der Waals surface area contributed by atoms with E-state index in [1.54, 1.807) is 32.0 Å². The molecule has 0 fully saturated rings. The minimum absolute atomic E-state index is 0.269. The number of fused-ring (bicyclic) bond motifs is 1. The summed E-state index contributed by atoms with van der Waals surface area (Å²) in [7, 11) is 0. The third kappa shape index (κ3) is 3.03. The van der Waals surface area contributed by atoms with Crippen molar-refractivity contribution in [2.75, 3.05) is 11.9 Å². The van der Waals surface area contributed by atoms with E-state index in [1.807, 2.05) is 0 Å². The monoisotopic (exact) mass is 290 g/mol. The summed E-state index contributed by atoms with van der Waals surface area (Å²) in [6.45, 7) is 7.28. The van der Waals surface area contributed by atoms with Gasteiger partial charge < -0.3 is 4.74 Å². The molecular weight excluding hydrogens is 276 g/mol. The lowest BCUT2D eigenvalue weighted by Crippen LogP contribution is -2.11. The smallest absolute Gasteiger partial charge is 0.338 e. The molecule has 2 rings (SSSR count). The van der Waals surface area contributed by atoms with Gasteiger partial charge in [-0.2, -0.15) is 0 Å². The van der Waals surface area contributed by atoms with E-state index in [-0.39, 0.29) is 11.9 Å². The second kappa shape index (κ2) is 5.83. The van der Waals surface area contributed by atoms with Gasteiger partial charge in [-0.05, 0) is 32.0 Å². The highest BCUT2D eigenvalue weighted by atomic mass is 32.1. The summed E-state index contributed by atoms with van der Waals surface area (Å²) in [6.07, 6.45) is 0. The van der Waals surface area contributed by atoms with Gasteiger partial charge in [0.2, 0.25) is 0 Å². The van der Waals surface area contributed by atoms with Gasteiger partial charge in [0.25, 0.3) is 5.91 Å². The Bertz CT molecular complexity index is 691. The number of esters is 1. The minimum Gasteiger partial charge on any atom is -0.462 e. The summed E-state index contributed by atoms with van der Waals surface area (Å²) < 4.78 is 5.76. The van der Waals surface area contributed by atoms with E-state index in [0.717, 1.165) is 10.2 Å². The first-order valence-corrected chi connectivity index (χ1v) is 6.87. The van der Waals surface area contributed by atoms with Crippen LogP contribution < -0.4 is 5.32 Å². The fraction of sp³-hybridized carbons (Fsp3) is 0.214. The summed E-state index contributed by atoms with van der Waals surface area (Å²) in [5, 5.41) is 3.14. The molecule has 5 nitrogen and oxygen atoms in total. The molecule has 0 aliphatic rings. The molecule has 0 saturated carbocycles. The Hall–Kier alpha value is -2.21. The van der Waals surface area contributed by atoms with Gasteiger partial charge in [-0.1, -0.05) is 17.9 Å². The lowest BCUT2D eigenvalue weighted by atomic mass is 10.2. The summed E-state index contributed by atoms with van der Waals surface area (Å²) in [5.74, 6) is -0.634. The van der Waals surface area contributed by atoms with E-state index in [9.17, 15) is 9.59 Å². The molecular formula is C14H14N2O3S. The Morgan fingerprint density at radius 1 is 1.45 bits per heavy atom. The van der Waals surface area contributed by atoms with Crippen LogP contribution in [0, 0.1) is 0 Å². The molecule has 104 valence electrons. The zero-order chi connectivity index (χ0) is 14.7. The van der Waals surface area contributed by atoms with Crippen LogP contribution in [0.15, 0.2) is 30.4 Å². The van der Waals surface area contributed by atoms with Crippen molar-refractivity contribution in [2.24, 2.45) is 0 Å². The standard InChI is InChI=1S/C14H14N2O3S/c1-4-19-13(18)9-5-6-10-11(7-9)20-14(15-10)16-12(17)8(2)3/h5-7H,2,4H2,1,3H3,(H,15,16,17). The molecule has 1 N–H and O–H groups in total. The number of carbonyl (C=O) groups is 2. The Labute approximate surface area is 120 Å². The Kier molecular flexibility index (Phi) is 4.14. The number of ether oxygens (including phenoxy) is 1. The Morgan fingerprint density at radius 3 is 2.85 bits per heavy atom. The molecule has 0 unspecified atom stereocenters. The number of aromatic nitrogens is 1. The molecule has 20 heavy (non-hydrogen) atoms. The summed E-state index contributed by atoms with van der Waals surface area (Å²) in [5.41, 5.74) is 1.61. The van der Waals surface area contributed by atoms with E-state index in [4.69, 9.17) is 4.74 Å². The molecule has 0 spiro atoms. The Balaban J connectivity index is 2.28. The predicted molar refractivity (Wildman–Crippen MR) is 79.0 cm³/mol. The average molecular weight is 290 g/mol. The minimum atomic E-state index is -0.365. The number of amides is 1. The zero-order valence-electron chi connectivity index (χ0n) is 11.2. The highest BCUT2D eigenvalue weighted by Crippen LogP contribution is 2.27. The number of anilines is 1. The van der Waals surface area contributed by atoms with Gasteiger partial charge in [-0.3, -0.25) is 10.1 Å². The van der Waals surface area contributed by atoms with Crippen molar-refractivity contribution in [2.45, 2.75) is 13.8 Å². The number of carbonyl (C=O) groups excluding carboxylic acids is 2. The lowest BCUT2D eigenvalue weighted by molar-refractivity contribution is -0.112. The van der Waals surface area contributed by atoms with Crippen LogP contribution in [-0.2, 0) is 9.53 Å². The van der Waals surface area contributed by atoms with Gasteiger partial charge in [0.15, 0.2) is 5.13 Å². The first kappa shape index (κ1) is 14.2. The van der Waals surface area contributed by atoms with E-state index < -0.39 is 0 Å². The molecule has 0 aliphatic heterocycles. The third-order valence-corrected chi connectivity index (χ3v) is 3.44. The van der Waals surface area contributed by atoms with E-state index >= 15 is 0 Å². The number of benzene rings is 1. The maximum Gasteiger partial charge on any atom is 0.338 e. The lowest BCUT2D eigenvalue weighted by Gasteiger charge is -2.00. The van der Waals surface area contributed by atoms with Crippen molar-refractivity contribution in [3.05, 3.63) is 35.9 Å². The SMILES string of the molecule is C=C(C)C(=O)Nc1nc2ccc(C(=O)OCC)cc2s1. The van der Waals surface area contributed by atoms with Gasteiger partial charge in [-0.15, -0.1) is 0 Å². The second-order valence-electron chi connectivity index (χ2n) is 4.16. The van der Waals surface area contributed by atoms with Crippen molar-refractivity contribution in [1.82, 2.24) is 4.98 Å². The van der Waals surface area contributed by atoms with Crippen LogP contribution in [0.25, 0.3) is 10.2 Å². The summed E-state index contributed by atoms with van der Waals surface area (Å²) >= 11 is 1.30. The molecule has 0 saturated heterocycles. The van der Waals surface area contributed by atoms with Crippen molar-refractivity contribution in [3.63, 3.8) is 0 Å². The normalized spacial score (nSPS) is 10.3. The maximum absolute atomic E-state index is 11.6. The van der Waals surface area contributed by atoms with Crippen molar-refractivity contribution in [3.8, 4) is 0 Å². The molecule has 6 heteroatoms. The largest absolute Gasteiger partial charge is 0.462 e.